The van der Waals surface area contributed by atoms with Gasteiger partial charge in [0.1, 0.15) is 0 Å². The second-order valence-electron chi connectivity index (χ2n) is 15.2. The fourth-order valence-electron chi connectivity index (χ4n) is 10.7. The van der Waals surface area contributed by atoms with Crippen LogP contribution in [0.25, 0.3) is 24.3 Å². The summed E-state index contributed by atoms with van der Waals surface area (Å²) in [5.74, 6) is -1.05. The molecule has 4 aliphatic carbocycles. The van der Waals surface area contributed by atoms with Crippen LogP contribution >= 0.6 is 47.0 Å². The minimum atomic E-state index is -0.351. The molecule has 256 valence electrons. The largest absolute Gasteiger partial charge is 0.355 e. The molecule has 0 spiro atoms. The lowest BCUT2D eigenvalue weighted by molar-refractivity contribution is -0.113. The van der Waals surface area contributed by atoms with Gasteiger partial charge in [0.2, 0.25) is 10.2 Å². The molecule has 4 aromatic heterocycles. The molecule has 2 saturated heterocycles. The number of fused-ring (bicyclic) bond motifs is 14. The number of nitrogens with one attached hydrogen (secondary N) is 4. The van der Waals surface area contributed by atoms with Crippen LogP contribution in [0.15, 0.2) is 24.3 Å². The lowest BCUT2D eigenvalue weighted by atomic mass is 9.81. The van der Waals surface area contributed by atoms with Crippen LogP contribution in [0.5, 0.6) is 0 Å². The van der Waals surface area contributed by atoms with Gasteiger partial charge >= 0.3 is 0 Å². The Morgan fingerprint density at radius 1 is 0.404 bits per heavy atom. The second kappa shape index (κ2) is 10.0. The molecule has 12 heteroatoms. The van der Waals surface area contributed by atoms with E-state index in [4.69, 9.17) is 0 Å². The molecule has 8 atom stereocenters. The molecule has 16 bridgehead atoms. The van der Waals surface area contributed by atoms with Gasteiger partial charge in [-0.1, -0.05) is 71.4 Å². The summed E-state index contributed by atoms with van der Waals surface area (Å²) < 4.78 is 0. The summed E-state index contributed by atoms with van der Waals surface area (Å²) in [6.45, 7) is 0. The number of allylic oxidation sites excluding steroid dienone is 2. The Balaban J connectivity index is 1.19. The van der Waals surface area contributed by atoms with Gasteiger partial charge in [0.25, 0.3) is 0 Å². The summed E-state index contributed by atoms with van der Waals surface area (Å²) in [7, 11) is 0. The molecule has 0 saturated carbocycles. The molecule has 4 N–H and O–H groups in total. The van der Waals surface area contributed by atoms with Crippen LogP contribution in [-0.2, 0) is 19.2 Å². The van der Waals surface area contributed by atoms with Crippen molar-refractivity contribution in [2.24, 2.45) is 0 Å². The molecule has 4 aromatic rings. The van der Waals surface area contributed by atoms with Gasteiger partial charge < -0.3 is 19.9 Å². The number of aromatic amines is 4. The van der Waals surface area contributed by atoms with E-state index >= 15 is 0 Å². The third-order valence-electron chi connectivity index (χ3n) is 12.7. The maximum absolute atomic E-state index is 13.4. The van der Waals surface area contributed by atoms with Crippen LogP contribution in [0.3, 0.4) is 0 Å². The second-order valence-corrected chi connectivity index (χ2v) is 20.0. The van der Waals surface area contributed by atoms with E-state index in [2.05, 4.69) is 62.5 Å². The lowest BCUT2D eigenvalue weighted by Crippen LogP contribution is -2.30. The van der Waals surface area contributed by atoms with Gasteiger partial charge in [0.15, 0.2) is 10.2 Å². The molecular weight excluding hydrogens is 729 g/mol. The van der Waals surface area contributed by atoms with Crippen molar-refractivity contribution in [2.75, 3.05) is 0 Å². The zero-order valence-corrected chi connectivity index (χ0v) is 30.6. The van der Waals surface area contributed by atoms with Crippen molar-refractivity contribution in [2.45, 2.75) is 70.4 Å². The first-order valence-corrected chi connectivity index (χ1v) is 21.5. The minimum Gasteiger partial charge on any atom is -0.355 e. The van der Waals surface area contributed by atoms with E-state index in [1.807, 2.05) is 6.08 Å². The average molecular weight is 757 g/mol. The van der Waals surface area contributed by atoms with Gasteiger partial charge in [0.05, 0.1) is 34.2 Å². The number of carbonyl (C=O) groups excluding carboxylic acids is 4. The third-order valence-corrected chi connectivity index (χ3v) is 17.5. The molecule has 0 amide bonds. The smallest absolute Gasteiger partial charge is 0.201 e. The zero-order chi connectivity index (χ0) is 34.3. The van der Waals surface area contributed by atoms with Gasteiger partial charge in [-0.25, -0.2) is 0 Å². The Kier molecular flexibility index (Phi) is 5.70. The van der Waals surface area contributed by atoms with Gasteiger partial charge in [-0.3, -0.25) is 19.2 Å². The number of thioether (sulfide) groups is 4. The van der Waals surface area contributed by atoms with E-state index in [0.717, 1.165) is 103 Å². The van der Waals surface area contributed by atoms with E-state index in [9.17, 15) is 19.2 Å². The van der Waals surface area contributed by atoms with Gasteiger partial charge in [-0.05, 0) is 94.5 Å². The van der Waals surface area contributed by atoms with Crippen LogP contribution in [0.1, 0.15) is 138 Å². The van der Waals surface area contributed by atoms with Crippen LogP contribution in [0.4, 0.5) is 0 Å². The first kappa shape index (κ1) is 29.6. The van der Waals surface area contributed by atoms with Crippen molar-refractivity contribution in [3.05, 3.63) is 113 Å². The molecule has 52 heavy (non-hydrogen) atoms. The molecule has 2 fully saturated rings. The van der Waals surface area contributed by atoms with Gasteiger partial charge in [-0.15, -0.1) is 0 Å². The van der Waals surface area contributed by atoms with Gasteiger partial charge in [-0.2, -0.15) is 0 Å². The zero-order valence-electron chi connectivity index (χ0n) is 27.3. The fourth-order valence-corrected chi connectivity index (χ4v) is 15.5. The summed E-state index contributed by atoms with van der Waals surface area (Å²) in [6.07, 6.45) is 20.7. The normalized spacial score (nSPS) is 31.8. The summed E-state index contributed by atoms with van der Waals surface area (Å²) in [4.78, 5) is 68.9. The molecule has 8 unspecified atom stereocenters. The summed E-state index contributed by atoms with van der Waals surface area (Å²) in [5, 5.41) is 4.48. The predicted molar refractivity (Wildman–Crippen MR) is 205 cm³/mol. The first-order valence-electron chi connectivity index (χ1n) is 18.0. The molecule has 17 rings (SSSR count). The monoisotopic (exact) mass is 756 g/mol. The van der Waals surface area contributed by atoms with E-state index in [0.29, 0.717) is 0 Å². The van der Waals surface area contributed by atoms with E-state index in [-0.39, 0.29) is 65.1 Å². The maximum atomic E-state index is 13.4. The summed E-state index contributed by atoms with van der Waals surface area (Å²) in [6, 6.07) is 0. The minimum absolute atomic E-state index is 0.0673. The highest BCUT2D eigenvalue weighted by Crippen LogP contribution is 2.57. The standard InChI is InChI=1S/C40H28N4O4S4/c45-37-13-1-5-25(49-37)33-21-10-18-30-14-3-7-27(51-38(14)46)35(30)23(43-18)12-20-32-16-4-8-28(52-40(16)48)36(32)24(44-20)11-19-31-15-2-6-26(50-39(15)47)34(31)22(42-19)9-17(41-21)29(13)33/h1-2,5-6,9-16,25-28,41-44H,3-4,7-8H2. The quantitative estimate of drug-likeness (QED) is 0.164. The topological polar surface area (TPSA) is 131 Å². The highest BCUT2D eigenvalue weighted by molar-refractivity contribution is 8.15. The predicted octanol–water partition coefficient (Wildman–Crippen LogP) is 4.95. The molecule has 13 heterocycles. The van der Waals surface area contributed by atoms with Crippen LogP contribution in [-0.4, -0.2) is 40.4 Å². The molecule has 13 aliphatic rings. The fraction of sp³-hybridized carbons (Fsp3) is 0.300. The van der Waals surface area contributed by atoms with Gasteiger partial charge in [0, 0.05) is 54.7 Å². The number of hydrogen-bond acceptors (Lipinski definition) is 8. The van der Waals surface area contributed by atoms with Crippen LogP contribution < -0.4 is 21.4 Å². The van der Waals surface area contributed by atoms with Crippen LogP contribution in [0.2, 0.25) is 0 Å². The van der Waals surface area contributed by atoms with Crippen LogP contribution in [0, 0.1) is 0 Å². The Morgan fingerprint density at radius 3 is 1.52 bits per heavy atom. The van der Waals surface area contributed by atoms with Crippen molar-refractivity contribution in [1.29, 1.82) is 0 Å². The first-order chi connectivity index (χ1) is 25.4. The van der Waals surface area contributed by atoms with E-state index in [1.165, 1.54) is 58.2 Å². The van der Waals surface area contributed by atoms with E-state index in [1.54, 1.807) is 0 Å². The molecule has 8 nitrogen and oxygen atoms in total. The Hall–Kier alpha value is -3.84. The third kappa shape index (κ3) is 3.67. The highest BCUT2D eigenvalue weighted by Gasteiger charge is 2.46. The Bertz CT molecular complexity index is 2810. The maximum Gasteiger partial charge on any atom is 0.201 e. The molecule has 0 aromatic carbocycles. The lowest BCUT2D eigenvalue weighted by Gasteiger charge is -2.35. The number of rotatable bonds is 0. The number of aromatic nitrogens is 4. The van der Waals surface area contributed by atoms with Crippen molar-refractivity contribution >= 4 is 91.8 Å². The molecular formula is C40H28N4O4S4. The average Bonchev–Trinajstić information content (AvgIpc) is 3.90. The molecule has 9 aliphatic heterocycles. The SMILES string of the molecule is O=C1SC2C=CC1c1c3[nH]c(c12)C=c1[nH]c(c2c1C1C=CC2SC1=O)=Cc1[nH]c(c2c1C1CCC2SC1=O)C=c1[nH]c(c2c1C1CCC2SC1=O)=C3. The van der Waals surface area contributed by atoms with Crippen molar-refractivity contribution in [3.63, 3.8) is 0 Å². The number of carbonyl (C=O) groups is 4. The Labute approximate surface area is 312 Å². The van der Waals surface area contributed by atoms with Crippen molar-refractivity contribution in [1.82, 2.24) is 19.9 Å². The number of H-pyrrole nitrogens is 4. The molecule has 0 radical (unpaired) electrons. The summed E-state index contributed by atoms with van der Waals surface area (Å²) >= 11 is 5.70. The van der Waals surface area contributed by atoms with Crippen molar-refractivity contribution < 1.29 is 19.2 Å². The number of hydrogen-bond donors (Lipinski definition) is 4. The van der Waals surface area contributed by atoms with E-state index < -0.39 is 0 Å². The summed E-state index contributed by atoms with van der Waals surface area (Å²) in [5.41, 5.74) is 12.6. The van der Waals surface area contributed by atoms with Crippen molar-refractivity contribution in [3.8, 4) is 0 Å². The highest BCUT2D eigenvalue weighted by atomic mass is 32.2. The Morgan fingerprint density at radius 2 is 0.885 bits per heavy atom.